The quantitative estimate of drug-likeness (QED) is 0.742. The summed E-state index contributed by atoms with van der Waals surface area (Å²) < 4.78 is 0.725. The Hall–Kier alpha value is -0.580. The van der Waals surface area contributed by atoms with Crippen molar-refractivity contribution in [3.63, 3.8) is 0 Å². The van der Waals surface area contributed by atoms with Crippen LogP contribution in [0.25, 0.3) is 0 Å². The maximum absolute atomic E-state index is 11.7. The molecule has 0 unspecified atom stereocenters. The Balaban J connectivity index is 2.34. The molecule has 1 aromatic carbocycles. The Kier molecular flexibility index (Phi) is 7.32. The number of anilines is 1. The molecule has 0 aliphatic heterocycles. The Bertz CT molecular complexity index is 399. The molecule has 0 heterocycles. The fourth-order valence-corrected chi connectivity index (χ4v) is 2.13. The minimum atomic E-state index is 0.0192. The lowest BCUT2D eigenvalue weighted by atomic mass is 10.1. The third-order valence-corrected chi connectivity index (χ3v) is 3.98. The number of hydrogen-bond donors (Lipinski definition) is 2. The summed E-state index contributed by atoms with van der Waals surface area (Å²) in [7, 11) is 0. The second-order valence-corrected chi connectivity index (χ2v) is 5.30. The van der Waals surface area contributed by atoms with Gasteiger partial charge in [0.25, 0.3) is 0 Å². The number of hydrogen-bond acceptors (Lipinski definition) is 2. The van der Waals surface area contributed by atoms with Gasteiger partial charge in [-0.2, -0.15) is 0 Å². The Labute approximate surface area is 121 Å². The van der Waals surface area contributed by atoms with E-state index in [0.717, 1.165) is 42.4 Å². The summed E-state index contributed by atoms with van der Waals surface area (Å²) in [5.74, 6) is 0.0192. The summed E-state index contributed by atoms with van der Waals surface area (Å²) >= 11 is 9.30. The van der Waals surface area contributed by atoms with Crippen LogP contribution in [-0.4, -0.2) is 12.5 Å². The largest absolute Gasteiger partial charge is 0.330 e. The minimum absolute atomic E-state index is 0.0192. The molecular weight excluding hydrogens is 316 g/mol. The minimum Gasteiger partial charge on any atom is -0.330 e. The van der Waals surface area contributed by atoms with E-state index in [1.807, 2.05) is 12.1 Å². The molecule has 0 aliphatic rings. The molecule has 0 fully saturated rings. The predicted molar refractivity (Wildman–Crippen MR) is 79.9 cm³/mol. The predicted octanol–water partition coefficient (Wildman–Crippen LogP) is 3.95. The van der Waals surface area contributed by atoms with E-state index in [-0.39, 0.29) is 5.91 Å². The lowest BCUT2D eigenvalue weighted by molar-refractivity contribution is -0.116. The number of unbranched alkanes of at least 4 members (excludes halogenated alkanes) is 3. The highest BCUT2D eigenvalue weighted by molar-refractivity contribution is 9.10. The van der Waals surface area contributed by atoms with Gasteiger partial charge >= 0.3 is 0 Å². The zero-order chi connectivity index (χ0) is 13.4. The van der Waals surface area contributed by atoms with E-state index in [4.69, 9.17) is 17.3 Å². The van der Waals surface area contributed by atoms with Crippen molar-refractivity contribution in [3.8, 4) is 0 Å². The van der Waals surface area contributed by atoms with Crippen LogP contribution in [0.15, 0.2) is 22.7 Å². The molecule has 0 saturated carbocycles. The molecule has 3 nitrogen and oxygen atoms in total. The number of carbonyl (C=O) groups excluding carboxylic acids is 1. The van der Waals surface area contributed by atoms with Crippen LogP contribution in [0.4, 0.5) is 5.69 Å². The monoisotopic (exact) mass is 332 g/mol. The van der Waals surface area contributed by atoms with E-state index in [1.54, 1.807) is 6.07 Å². The van der Waals surface area contributed by atoms with Crippen LogP contribution in [0.2, 0.25) is 5.02 Å². The summed E-state index contributed by atoms with van der Waals surface area (Å²) in [6.45, 7) is 0.724. The fourth-order valence-electron chi connectivity index (χ4n) is 1.60. The molecular formula is C13H18BrClN2O. The first kappa shape index (κ1) is 15.5. The van der Waals surface area contributed by atoms with Crippen molar-refractivity contribution in [2.24, 2.45) is 5.73 Å². The van der Waals surface area contributed by atoms with Crippen molar-refractivity contribution in [2.45, 2.75) is 32.1 Å². The highest BCUT2D eigenvalue weighted by atomic mass is 79.9. The first-order chi connectivity index (χ1) is 8.65. The van der Waals surface area contributed by atoms with E-state index < -0.39 is 0 Å². The fraction of sp³-hybridized carbons (Fsp3) is 0.462. The van der Waals surface area contributed by atoms with Gasteiger partial charge in [0.1, 0.15) is 0 Å². The van der Waals surface area contributed by atoms with Crippen LogP contribution >= 0.6 is 27.5 Å². The number of carbonyl (C=O) groups is 1. The molecule has 0 spiro atoms. The number of rotatable bonds is 7. The second-order valence-electron chi connectivity index (χ2n) is 4.10. The first-order valence-electron chi connectivity index (χ1n) is 6.09. The Morgan fingerprint density at radius 2 is 2.00 bits per heavy atom. The molecule has 3 N–H and O–H groups in total. The Morgan fingerprint density at radius 3 is 2.72 bits per heavy atom. The van der Waals surface area contributed by atoms with Gasteiger partial charge in [0.05, 0.1) is 15.2 Å². The lowest BCUT2D eigenvalue weighted by Crippen LogP contribution is -2.11. The van der Waals surface area contributed by atoms with E-state index >= 15 is 0 Å². The molecule has 0 atom stereocenters. The number of halogens is 2. The summed E-state index contributed by atoms with van der Waals surface area (Å²) in [5, 5.41) is 3.44. The smallest absolute Gasteiger partial charge is 0.224 e. The van der Waals surface area contributed by atoms with Crippen LogP contribution in [0.5, 0.6) is 0 Å². The number of amides is 1. The van der Waals surface area contributed by atoms with Gasteiger partial charge in [-0.15, -0.1) is 0 Å². The second kappa shape index (κ2) is 8.51. The van der Waals surface area contributed by atoms with Gasteiger partial charge in [0.15, 0.2) is 0 Å². The normalized spacial score (nSPS) is 10.4. The molecule has 0 saturated heterocycles. The summed E-state index contributed by atoms with van der Waals surface area (Å²) in [6, 6.07) is 5.40. The van der Waals surface area contributed by atoms with Crippen molar-refractivity contribution >= 4 is 39.1 Å². The van der Waals surface area contributed by atoms with E-state index in [1.165, 1.54) is 0 Å². The van der Waals surface area contributed by atoms with Crippen LogP contribution in [0, 0.1) is 0 Å². The molecule has 5 heteroatoms. The highest BCUT2D eigenvalue weighted by Crippen LogP contribution is 2.30. The summed E-state index contributed by atoms with van der Waals surface area (Å²) in [6.07, 6.45) is 4.58. The third-order valence-electron chi connectivity index (χ3n) is 2.58. The zero-order valence-electron chi connectivity index (χ0n) is 10.2. The van der Waals surface area contributed by atoms with Gasteiger partial charge in [0.2, 0.25) is 5.91 Å². The van der Waals surface area contributed by atoms with E-state index in [2.05, 4.69) is 21.2 Å². The number of benzene rings is 1. The van der Waals surface area contributed by atoms with Crippen LogP contribution in [-0.2, 0) is 4.79 Å². The third kappa shape index (κ3) is 5.38. The molecule has 100 valence electrons. The molecule has 0 bridgehead atoms. The van der Waals surface area contributed by atoms with Crippen molar-refractivity contribution in [1.82, 2.24) is 0 Å². The highest BCUT2D eigenvalue weighted by Gasteiger charge is 2.07. The summed E-state index contributed by atoms with van der Waals surface area (Å²) in [5.41, 5.74) is 6.12. The molecule has 18 heavy (non-hydrogen) atoms. The maximum Gasteiger partial charge on any atom is 0.224 e. The molecule has 1 rings (SSSR count). The van der Waals surface area contributed by atoms with Gasteiger partial charge in [-0.1, -0.05) is 30.5 Å². The molecule has 1 amide bonds. The van der Waals surface area contributed by atoms with Crippen LogP contribution in [0.1, 0.15) is 32.1 Å². The topological polar surface area (TPSA) is 55.1 Å². The van der Waals surface area contributed by atoms with Crippen molar-refractivity contribution in [2.75, 3.05) is 11.9 Å². The number of nitrogens with two attached hydrogens (primary N) is 1. The van der Waals surface area contributed by atoms with E-state index in [9.17, 15) is 4.79 Å². The van der Waals surface area contributed by atoms with Gasteiger partial charge in [0, 0.05) is 6.42 Å². The van der Waals surface area contributed by atoms with Crippen LogP contribution < -0.4 is 11.1 Å². The first-order valence-corrected chi connectivity index (χ1v) is 7.26. The average molecular weight is 334 g/mol. The van der Waals surface area contributed by atoms with Gasteiger partial charge in [-0.25, -0.2) is 0 Å². The van der Waals surface area contributed by atoms with Crippen LogP contribution in [0.3, 0.4) is 0 Å². The number of nitrogens with one attached hydrogen (secondary N) is 1. The maximum atomic E-state index is 11.7. The zero-order valence-corrected chi connectivity index (χ0v) is 12.6. The van der Waals surface area contributed by atoms with Gasteiger partial charge in [-0.3, -0.25) is 4.79 Å². The molecule has 1 aromatic rings. The standard InChI is InChI=1S/C13H18BrClN2O/c14-13-10(15)6-5-7-11(13)17-12(18)8-3-1-2-4-9-16/h5-7H,1-4,8-9,16H2,(H,17,18). The van der Waals surface area contributed by atoms with Gasteiger partial charge < -0.3 is 11.1 Å². The van der Waals surface area contributed by atoms with Crippen molar-refractivity contribution in [3.05, 3.63) is 27.7 Å². The van der Waals surface area contributed by atoms with E-state index in [0.29, 0.717) is 11.4 Å². The van der Waals surface area contributed by atoms with Crippen molar-refractivity contribution in [1.29, 1.82) is 0 Å². The molecule has 0 aromatic heterocycles. The molecule has 0 radical (unpaired) electrons. The SMILES string of the molecule is NCCCCCCC(=O)Nc1cccc(Cl)c1Br. The van der Waals surface area contributed by atoms with Crippen molar-refractivity contribution < 1.29 is 4.79 Å². The van der Waals surface area contributed by atoms with Gasteiger partial charge in [-0.05, 0) is 47.4 Å². The molecule has 0 aliphatic carbocycles. The average Bonchev–Trinajstić information content (AvgIpc) is 2.35. The Morgan fingerprint density at radius 1 is 1.28 bits per heavy atom. The lowest BCUT2D eigenvalue weighted by Gasteiger charge is -2.08. The summed E-state index contributed by atoms with van der Waals surface area (Å²) in [4.78, 5) is 11.7.